The molecule has 0 heterocycles. The average Bonchev–Trinajstić information content (AvgIpc) is 3.36. The van der Waals surface area contributed by atoms with E-state index in [1.807, 2.05) is 6.08 Å². The molecule has 0 aliphatic heterocycles. The van der Waals surface area contributed by atoms with Gasteiger partial charge in [-0.1, -0.05) is 281 Å². The molecule has 0 aromatic rings. The first-order chi connectivity index (χ1) is 34.5. The molecule has 0 amide bonds. The topological polar surface area (TPSA) is 78.9 Å². The second kappa shape index (κ2) is 58.7. The minimum absolute atomic E-state index is 0.103. The highest BCUT2D eigenvalue weighted by Gasteiger charge is 2.19. The van der Waals surface area contributed by atoms with Gasteiger partial charge in [0.2, 0.25) is 0 Å². The molecule has 0 aliphatic rings. The summed E-state index contributed by atoms with van der Waals surface area (Å²) in [6.45, 7) is 6.47. The Labute approximate surface area is 434 Å². The Morgan fingerprint density at radius 1 is 0.300 bits per heavy atom. The Morgan fingerprint density at radius 2 is 0.586 bits per heavy atom. The average molecular weight is 980 g/mol. The standard InChI is InChI=1S/C64H114O6/c1-4-7-10-13-16-19-22-25-26-27-28-29-30-31-32-33-34-35-36-37-40-42-45-48-51-54-57-63(66)69-60-61(70-64(67)58-55-52-49-46-43-39-24-21-18-15-12-9-6-3)59-68-62(65)56-53-50-47-44-41-38-23-20-17-14-11-8-5-2/h9,12,18,20-21,23,39,43,49,52,61H,4-8,10-11,13-17,19,22,24-38,40-42,44-48,50-51,53-60H2,1-3H3/b12-9-,21-18-,23-20-,43-39-,52-49-. The Kier molecular flexibility index (Phi) is 56.3. The number of allylic oxidation sites excluding steroid dienone is 10. The monoisotopic (exact) mass is 979 g/mol. The number of carbonyl (C=O) groups is 3. The second-order valence-electron chi connectivity index (χ2n) is 20.2. The van der Waals surface area contributed by atoms with Gasteiger partial charge in [0.25, 0.3) is 0 Å². The quantitative estimate of drug-likeness (QED) is 0.0261. The molecule has 0 aromatic carbocycles. The van der Waals surface area contributed by atoms with Crippen molar-refractivity contribution in [1.82, 2.24) is 0 Å². The van der Waals surface area contributed by atoms with E-state index in [1.54, 1.807) is 0 Å². The van der Waals surface area contributed by atoms with Gasteiger partial charge in [0, 0.05) is 19.3 Å². The first-order valence-corrected chi connectivity index (χ1v) is 30.3. The molecular formula is C64H114O6. The van der Waals surface area contributed by atoms with Crippen LogP contribution in [0.25, 0.3) is 0 Å². The van der Waals surface area contributed by atoms with Crippen molar-refractivity contribution in [2.75, 3.05) is 13.2 Å². The van der Waals surface area contributed by atoms with Crippen LogP contribution in [0.1, 0.15) is 310 Å². The van der Waals surface area contributed by atoms with Gasteiger partial charge in [-0.3, -0.25) is 14.4 Å². The van der Waals surface area contributed by atoms with Crippen LogP contribution in [0.3, 0.4) is 0 Å². The molecule has 0 bridgehead atoms. The van der Waals surface area contributed by atoms with Gasteiger partial charge in [0.05, 0.1) is 0 Å². The number of hydrogen-bond acceptors (Lipinski definition) is 6. The molecule has 0 rings (SSSR count). The van der Waals surface area contributed by atoms with Gasteiger partial charge in [-0.05, 0) is 70.6 Å². The minimum atomic E-state index is -0.813. The molecule has 0 spiro atoms. The van der Waals surface area contributed by atoms with Gasteiger partial charge in [0.15, 0.2) is 6.10 Å². The van der Waals surface area contributed by atoms with Crippen molar-refractivity contribution in [3.8, 4) is 0 Å². The molecule has 0 aromatic heterocycles. The molecule has 0 radical (unpaired) electrons. The lowest BCUT2D eigenvalue weighted by atomic mass is 10.0. The summed E-state index contributed by atoms with van der Waals surface area (Å²) in [5.41, 5.74) is 0. The van der Waals surface area contributed by atoms with Crippen LogP contribution in [-0.2, 0) is 28.6 Å². The summed E-state index contributed by atoms with van der Waals surface area (Å²) in [5, 5.41) is 0. The summed E-state index contributed by atoms with van der Waals surface area (Å²) < 4.78 is 16.8. The number of ether oxygens (including phenoxy) is 3. The van der Waals surface area contributed by atoms with E-state index < -0.39 is 6.10 Å². The van der Waals surface area contributed by atoms with Crippen LogP contribution in [0.2, 0.25) is 0 Å². The van der Waals surface area contributed by atoms with Crippen molar-refractivity contribution in [1.29, 1.82) is 0 Å². The highest BCUT2D eigenvalue weighted by molar-refractivity contribution is 5.71. The highest BCUT2D eigenvalue weighted by atomic mass is 16.6. The zero-order chi connectivity index (χ0) is 50.7. The largest absolute Gasteiger partial charge is 0.462 e. The molecule has 0 aliphatic carbocycles. The fraction of sp³-hybridized carbons (Fsp3) is 0.797. The maximum atomic E-state index is 12.8. The van der Waals surface area contributed by atoms with Crippen molar-refractivity contribution in [3.05, 3.63) is 60.8 Å². The molecule has 0 saturated carbocycles. The smallest absolute Gasteiger partial charge is 0.306 e. The molecule has 0 saturated heterocycles. The predicted octanol–water partition coefficient (Wildman–Crippen LogP) is 20.4. The third-order valence-electron chi connectivity index (χ3n) is 13.3. The molecule has 0 N–H and O–H groups in total. The van der Waals surface area contributed by atoms with Crippen LogP contribution in [0.5, 0.6) is 0 Å². The molecule has 1 unspecified atom stereocenters. The Hall–Kier alpha value is -2.89. The van der Waals surface area contributed by atoms with Crippen LogP contribution in [-0.4, -0.2) is 37.2 Å². The summed E-state index contributed by atoms with van der Waals surface area (Å²) in [7, 11) is 0. The van der Waals surface area contributed by atoms with Crippen molar-refractivity contribution in [2.24, 2.45) is 0 Å². The Morgan fingerprint density at radius 3 is 0.943 bits per heavy atom. The van der Waals surface area contributed by atoms with Gasteiger partial charge in [-0.2, -0.15) is 0 Å². The summed E-state index contributed by atoms with van der Waals surface area (Å²) in [5.74, 6) is -0.982. The fourth-order valence-electron chi connectivity index (χ4n) is 8.75. The minimum Gasteiger partial charge on any atom is -0.462 e. The van der Waals surface area contributed by atoms with E-state index in [0.29, 0.717) is 19.3 Å². The van der Waals surface area contributed by atoms with Crippen LogP contribution in [0.4, 0.5) is 0 Å². The fourth-order valence-corrected chi connectivity index (χ4v) is 8.75. The normalized spacial score (nSPS) is 12.4. The van der Waals surface area contributed by atoms with Crippen LogP contribution in [0, 0.1) is 0 Å². The molecule has 6 nitrogen and oxygen atoms in total. The zero-order valence-electron chi connectivity index (χ0n) is 46.5. The maximum Gasteiger partial charge on any atom is 0.306 e. The third kappa shape index (κ3) is 56.0. The van der Waals surface area contributed by atoms with E-state index in [9.17, 15) is 14.4 Å². The predicted molar refractivity (Wildman–Crippen MR) is 302 cm³/mol. The van der Waals surface area contributed by atoms with E-state index in [0.717, 1.165) is 70.6 Å². The van der Waals surface area contributed by atoms with Crippen molar-refractivity contribution in [2.45, 2.75) is 316 Å². The van der Waals surface area contributed by atoms with Crippen molar-refractivity contribution < 1.29 is 28.6 Å². The summed E-state index contributed by atoms with van der Waals surface area (Å²) >= 11 is 0. The summed E-state index contributed by atoms with van der Waals surface area (Å²) in [6.07, 6.45) is 74.0. The number of carbonyl (C=O) groups excluding carboxylic acids is 3. The molecule has 1 atom stereocenters. The van der Waals surface area contributed by atoms with E-state index >= 15 is 0 Å². The Balaban J connectivity index is 4.23. The lowest BCUT2D eigenvalue weighted by Crippen LogP contribution is -2.30. The van der Waals surface area contributed by atoms with Crippen molar-refractivity contribution in [3.63, 3.8) is 0 Å². The maximum absolute atomic E-state index is 12.8. The van der Waals surface area contributed by atoms with Crippen LogP contribution < -0.4 is 0 Å². The highest BCUT2D eigenvalue weighted by Crippen LogP contribution is 2.17. The van der Waals surface area contributed by atoms with Gasteiger partial charge in [0.1, 0.15) is 13.2 Å². The number of unbranched alkanes of at least 4 members (excludes halogenated alkanes) is 34. The van der Waals surface area contributed by atoms with Crippen molar-refractivity contribution >= 4 is 17.9 Å². The zero-order valence-corrected chi connectivity index (χ0v) is 46.5. The third-order valence-corrected chi connectivity index (χ3v) is 13.3. The van der Waals surface area contributed by atoms with Gasteiger partial charge in [-0.25, -0.2) is 0 Å². The molecule has 0 fully saturated rings. The first kappa shape index (κ1) is 67.1. The number of hydrogen-bond donors (Lipinski definition) is 0. The van der Waals surface area contributed by atoms with E-state index in [2.05, 4.69) is 75.5 Å². The van der Waals surface area contributed by atoms with Gasteiger partial charge < -0.3 is 14.2 Å². The SMILES string of the molecule is CC/C=C\C/C=C\C/C=C\C/C=C\CCC(=O)OC(COC(=O)CCCCCCC/C=C\CCCCCC)COC(=O)CCCCCCCCCCCCCCCCCCCCCCCCCCCC. The van der Waals surface area contributed by atoms with Crippen LogP contribution >= 0.6 is 0 Å². The second-order valence-corrected chi connectivity index (χ2v) is 20.2. The summed E-state index contributed by atoms with van der Waals surface area (Å²) in [6, 6.07) is 0. The molecule has 70 heavy (non-hydrogen) atoms. The molecule has 6 heteroatoms. The van der Waals surface area contributed by atoms with E-state index in [1.165, 1.54) is 193 Å². The Bertz CT molecular complexity index is 1260. The lowest BCUT2D eigenvalue weighted by Gasteiger charge is -2.18. The van der Waals surface area contributed by atoms with Gasteiger partial charge >= 0.3 is 17.9 Å². The number of rotatable bonds is 55. The van der Waals surface area contributed by atoms with Gasteiger partial charge in [-0.15, -0.1) is 0 Å². The number of esters is 3. The molecule has 406 valence electrons. The molecular weight excluding hydrogens is 865 g/mol. The first-order valence-electron chi connectivity index (χ1n) is 30.3. The lowest BCUT2D eigenvalue weighted by molar-refractivity contribution is -0.166. The summed E-state index contributed by atoms with van der Waals surface area (Å²) in [4.78, 5) is 38.1. The van der Waals surface area contributed by atoms with E-state index in [-0.39, 0.29) is 37.5 Å². The van der Waals surface area contributed by atoms with E-state index in [4.69, 9.17) is 14.2 Å². The van der Waals surface area contributed by atoms with Crippen LogP contribution in [0.15, 0.2) is 60.8 Å².